The average molecular weight is 597 g/mol. The Morgan fingerprint density at radius 1 is 1.16 bits per heavy atom. The topological polar surface area (TPSA) is 105 Å². The predicted molar refractivity (Wildman–Crippen MR) is 152 cm³/mol. The number of anilines is 1. The number of nitriles is 1. The molecule has 1 aliphatic heterocycles. The maximum Gasteiger partial charge on any atom is 0.418 e. The normalized spacial score (nSPS) is 17.6. The molecule has 9 nitrogen and oxygen atoms in total. The third-order valence-corrected chi connectivity index (χ3v) is 8.22. The number of ether oxygens (including phenoxy) is 1. The highest BCUT2D eigenvalue weighted by molar-refractivity contribution is 5.97. The van der Waals surface area contributed by atoms with Gasteiger partial charge in [-0.3, -0.25) is 18.9 Å². The van der Waals surface area contributed by atoms with Gasteiger partial charge in [0.1, 0.15) is 11.1 Å². The molecule has 0 unspecified atom stereocenters. The molecule has 0 radical (unpaired) electrons. The maximum absolute atomic E-state index is 13.4. The Bertz CT molecular complexity index is 1530. The van der Waals surface area contributed by atoms with Crippen molar-refractivity contribution < 1.29 is 27.5 Å². The Labute approximate surface area is 248 Å². The fourth-order valence-corrected chi connectivity index (χ4v) is 5.74. The van der Waals surface area contributed by atoms with Crippen LogP contribution >= 0.6 is 0 Å². The lowest BCUT2D eigenvalue weighted by atomic mass is 9.76. The molecule has 43 heavy (non-hydrogen) atoms. The summed E-state index contributed by atoms with van der Waals surface area (Å²) in [6, 6.07) is 8.49. The van der Waals surface area contributed by atoms with Crippen LogP contribution in [-0.4, -0.2) is 49.9 Å². The van der Waals surface area contributed by atoms with Gasteiger partial charge in [-0.15, -0.1) is 0 Å². The summed E-state index contributed by atoms with van der Waals surface area (Å²) in [4.78, 5) is 28.3. The molecule has 1 saturated carbocycles. The van der Waals surface area contributed by atoms with Gasteiger partial charge in [0.2, 0.25) is 0 Å². The van der Waals surface area contributed by atoms with Crippen LogP contribution in [0.25, 0.3) is 0 Å². The first-order valence-corrected chi connectivity index (χ1v) is 14.4. The molecule has 1 amide bonds. The maximum atomic E-state index is 13.4. The Morgan fingerprint density at radius 3 is 2.49 bits per heavy atom. The molecule has 5 rings (SSSR count). The molecule has 12 heteroatoms. The second-order valence-corrected chi connectivity index (χ2v) is 12.3. The summed E-state index contributed by atoms with van der Waals surface area (Å²) < 4.78 is 49.0. The quantitative estimate of drug-likeness (QED) is 0.360. The molecule has 3 heterocycles. The number of likely N-dealkylation sites (tertiary alicyclic amines) is 1. The van der Waals surface area contributed by atoms with E-state index in [0.717, 1.165) is 55.7 Å². The molecule has 0 spiro atoms. The summed E-state index contributed by atoms with van der Waals surface area (Å²) in [6.45, 7) is 7.77. The van der Waals surface area contributed by atoms with E-state index in [2.05, 4.69) is 15.3 Å². The summed E-state index contributed by atoms with van der Waals surface area (Å²) in [5, 5.41) is 16.2. The summed E-state index contributed by atoms with van der Waals surface area (Å²) in [5.74, 6) is -0.176. The highest BCUT2D eigenvalue weighted by atomic mass is 19.4. The van der Waals surface area contributed by atoms with Gasteiger partial charge in [0.25, 0.3) is 5.91 Å². The smallest absolute Gasteiger partial charge is 0.418 e. The predicted octanol–water partition coefficient (Wildman–Crippen LogP) is 6.26. The number of hydrogen-bond acceptors (Lipinski definition) is 6. The van der Waals surface area contributed by atoms with E-state index in [1.807, 2.05) is 39.1 Å². The van der Waals surface area contributed by atoms with E-state index in [9.17, 15) is 22.8 Å². The number of benzene rings is 1. The minimum atomic E-state index is -4.71. The lowest BCUT2D eigenvalue weighted by Gasteiger charge is -2.40. The molecule has 0 atom stereocenters. The van der Waals surface area contributed by atoms with Crippen molar-refractivity contribution in [1.82, 2.24) is 19.2 Å². The summed E-state index contributed by atoms with van der Waals surface area (Å²) in [6.07, 6.45) is 3.89. The Morgan fingerprint density at radius 2 is 1.88 bits per heavy atom. The lowest BCUT2D eigenvalue weighted by molar-refractivity contribution is -0.137. The van der Waals surface area contributed by atoms with Crippen LogP contribution in [-0.2, 0) is 27.8 Å². The number of nitrogens with zero attached hydrogens (tertiary/aromatic N) is 5. The van der Waals surface area contributed by atoms with Crippen molar-refractivity contribution >= 4 is 17.7 Å². The number of piperidine rings is 1. The standard InChI is InChI=1S/C31H35F3N6O3/c1-29(2,3)43-28(42)39-13-4-6-25(39)20-38-14-9-21(10-15-38)23-18-36-40(19-23)30(11-5-12-30)27(41)37-24-8-7-22(17-35)26(16-24)31(32,33)34/h4,6-8,13,16,18-19,21H,5,9-12,14-15,20H2,1-3H3,(H,37,41). The van der Waals surface area contributed by atoms with Crippen LogP contribution < -0.4 is 5.32 Å². The van der Waals surface area contributed by atoms with E-state index in [1.54, 1.807) is 27.7 Å². The Hall–Kier alpha value is -4.11. The highest BCUT2D eigenvalue weighted by Crippen LogP contribution is 2.41. The number of rotatable bonds is 6. The lowest BCUT2D eigenvalue weighted by Crippen LogP contribution is -2.51. The number of hydrogen-bond donors (Lipinski definition) is 1. The Balaban J connectivity index is 1.22. The van der Waals surface area contributed by atoms with Crippen LogP contribution in [0.2, 0.25) is 0 Å². The van der Waals surface area contributed by atoms with Gasteiger partial charge in [0.15, 0.2) is 0 Å². The van der Waals surface area contributed by atoms with Crippen LogP contribution in [0.15, 0.2) is 48.9 Å². The van der Waals surface area contributed by atoms with Gasteiger partial charge in [0.05, 0.1) is 23.4 Å². The second-order valence-electron chi connectivity index (χ2n) is 12.3. The van der Waals surface area contributed by atoms with Gasteiger partial charge in [-0.2, -0.15) is 23.5 Å². The number of alkyl halides is 3. The van der Waals surface area contributed by atoms with Gasteiger partial charge in [-0.05, 0) is 108 Å². The van der Waals surface area contributed by atoms with Crippen molar-refractivity contribution in [2.75, 3.05) is 18.4 Å². The van der Waals surface area contributed by atoms with Crippen molar-refractivity contribution in [2.45, 2.75) is 82.7 Å². The number of halogens is 3. The van der Waals surface area contributed by atoms with Gasteiger partial charge in [-0.1, -0.05) is 0 Å². The van der Waals surface area contributed by atoms with Crippen molar-refractivity contribution in [3.8, 4) is 6.07 Å². The van der Waals surface area contributed by atoms with Crippen LogP contribution in [0.5, 0.6) is 0 Å². The largest absolute Gasteiger partial charge is 0.443 e. The van der Waals surface area contributed by atoms with Gasteiger partial charge < -0.3 is 10.1 Å². The molecule has 1 aliphatic carbocycles. The van der Waals surface area contributed by atoms with Crippen LogP contribution in [0, 0.1) is 11.3 Å². The molecule has 1 N–H and O–H groups in total. The number of amides is 1. The van der Waals surface area contributed by atoms with Crippen molar-refractivity contribution in [3.05, 3.63) is 71.3 Å². The molecule has 2 aromatic heterocycles. The number of carbonyl (C=O) groups is 2. The van der Waals surface area contributed by atoms with Gasteiger partial charge in [0, 0.05) is 30.3 Å². The van der Waals surface area contributed by atoms with Crippen molar-refractivity contribution in [3.63, 3.8) is 0 Å². The minimum absolute atomic E-state index is 0.0137. The van der Waals surface area contributed by atoms with E-state index in [-0.39, 0.29) is 11.6 Å². The van der Waals surface area contributed by atoms with Gasteiger partial charge >= 0.3 is 12.3 Å². The summed E-state index contributed by atoms with van der Waals surface area (Å²) in [7, 11) is 0. The molecule has 0 bridgehead atoms. The average Bonchev–Trinajstić information content (AvgIpc) is 3.58. The molecule has 2 fully saturated rings. The summed E-state index contributed by atoms with van der Waals surface area (Å²) >= 11 is 0. The van der Waals surface area contributed by atoms with E-state index in [0.29, 0.717) is 19.4 Å². The number of nitrogens with one attached hydrogen (secondary N) is 1. The summed E-state index contributed by atoms with van der Waals surface area (Å²) in [5.41, 5.74) is -1.26. The molecule has 3 aromatic rings. The second kappa shape index (κ2) is 11.5. The first-order chi connectivity index (χ1) is 20.3. The first-order valence-electron chi connectivity index (χ1n) is 14.4. The van der Waals surface area contributed by atoms with Crippen LogP contribution in [0.4, 0.5) is 23.7 Å². The zero-order valence-electron chi connectivity index (χ0n) is 24.4. The molecule has 2 aliphatic rings. The molecular formula is C31H35F3N6O3. The fraction of sp³-hybridized carbons (Fsp3) is 0.484. The molecule has 228 valence electrons. The zero-order valence-corrected chi connectivity index (χ0v) is 24.4. The molecular weight excluding hydrogens is 561 g/mol. The number of carbonyl (C=O) groups excluding carboxylic acids is 2. The van der Waals surface area contributed by atoms with Crippen molar-refractivity contribution in [2.24, 2.45) is 0 Å². The van der Waals surface area contributed by atoms with Crippen LogP contribution in [0.1, 0.15) is 81.2 Å². The third kappa shape index (κ3) is 6.46. The SMILES string of the molecule is CC(C)(C)OC(=O)n1cccc1CN1CCC(c2cnn(C3(C(=O)Nc4ccc(C#N)c(C(F)(F)F)c4)CCC3)c2)CC1. The monoisotopic (exact) mass is 596 g/mol. The minimum Gasteiger partial charge on any atom is -0.443 e. The molecule has 1 aromatic carbocycles. The fourth-order valence-electron chi connectivity index (χ4n) is 5.74. The Kier molecular flexibility index (Phi) is 8.13. The van der Waals surface area contributed by atoms with Crippen molar-refractivity contribution in [1.29, 1.82) is 5.26 Å². The first kappa shape index (κ1) is 30.4. The van der Waals surface area contributed by atoms with Crippen LogP contribution in [0.3, 0.4) is 0 Å². The zero-order chi connectivity index (χ0) is 31.0. The molecule has 1 saturated heterocycles. The van der Waals surface area contributed by atoms with E-state index < -0.39 is 40.4 Å². The third-order valence-electron chi connectivity index (χ3n) is 8.22. The van der Waals surface area contributed by atoms with E-state index in [4.69, 9.17) is 10.00 Å². The van der Waals surface area contributed by atoms with Gasteiger partial charge in [-0.25, -0.2) is 4.79 Å². The highest BCUT2D eigenvalue weighted by Gasteiger charge is 2.47. The number of aromatic nitrogens is 3. The van der Waals surface area contributed by atoms with E-state index in [1.165, 1.54) is 6.07 Å². The van der Waals surface area contributed by atoms with E-state index >= 15 is 0 Å².